The molecule has 1 unspecified atom stereocenters. The molecule has 1 aromatic heterocycles. The molecule has 2 heterocycles. The molecule has 4 rings (SSSR count). The van der Waals surface area contributed by atoms with E-state index < -0.39 is 0 Å². The lowest BCUT2D eigenvalue weighted by Gasteiger charge is -2.35. The molecule has 1 atom stereocenters. The van der Waals surface area contributed by atoms with Gasteiger partial charge in [0.1, 0.15) is 0 Å². The molecule has 1 aliphatic rings. The SMILES string of the molecule is Cc1nc2ccc(C(=O)N3CCc4ccccc4C3C)cc2nc1C. The number of benzene rings is 2. The van der Waals surface area contributed by atoms with Crippen molar-refractivity contribution >= 4 is 16.9 Å². The van der Waals surface area contributed by atoms with Gasteiger partial charge < -0.3 is 4.90 Å². The van der Waals surface area contributed by atoms with Gasteiger partial charge in [-0.1, -0.05) is 24.3 Å². The molecule has 0 N–H and O–H groups in total. The Morgan fingerprint density at radius 3 is 2.56 bits per heavy atom. The van der Waals surface area contributed by atoms with Gasteiger partial charge in [0.05, 0.1) is 28.5 Å². The van der Waals surface area contributed by atoms with Gasteiger partial charge in [0.25, 0.3) is 5.91 Å². The molecule has 0 fully saturated rings. The quantitative estimate of drug-likeness (QED) is 0.677. The number of rotatable bonds is 1. The monoisotopic (exact) mass is 331 g/mol. The van der Waals surface area contributed by atoms with E-state index in [0.717, 1.165) is 35.4 Å². The van der Waals surface area contributed by atoms with E-state index in [1.807, 2.05) is 43.0 Å². The largest absolute Gasteiger partial charge is 0.332 e. The minimum atomic E-state index is 0.0592. The van der Waals surface area contributed by atoms with Crippen molar-refractivity contribution in [3.63, 3.8) is 0 Å². The summed E-state index contributed by atoms with van der Waals surface area (Å²) in [5, 5.41) is 0. The van der Waals surface area contributed by atoms with Crippen LogP contribution in [0.15, 0.2) is 42.5 Å². The number of amides is 1. The second-order valence-corrected chi connectivity index (χ2v) is 6.72. The lowest BCUT2D eigenvalue weighted by atomic mass is 9.93. The average Bonchev–Trinajstić information content (AvgIpc) is 2.62. The number of aryl methyl sites for hydroxylation is 2. The number of carbonyl (C=O) groups excluding carboxylic acids is 1. The molecule has 0 radical (unpaired) electrons. The minimum Gasteiger partial charge on any atom is -0.332 e. The Morgan fingerprint density at radius 1 is 1.04 bits per heavy atom. The van der Waals surface area contributed by atoms with Crippen molar-refractivity contribution in [2.75, 3.05) is 6.54 Å². The Hall–Kier alpha value is -2.75. The van der Waals surface area contributed by atoms with Gasteiger partial charge in [0, 0.05) is 12.1 Å². The van der Waals surface area contributed by atoms with Gasteiger partial charge in [-0.05, 0) is 56.5 Å². The van der Waals surface area contributed by atoms with E-state index in [1.165, 1.54) is 11.1 Å². The van der Waals surface area contributed by atoms with Crippen LogP contribution in [-0.4, -0.2) is 27.3 Å². The zero-order valence-electron chi connectivity index (χ0n) is 14.8. The highest BCUT2D eigenvalue weighted by atomic mass is 16.2. The van der Waals surface area contributed by atoms with Crippen LogP contribution in [0, 0.1) is 13.8 Å². The summed E-state index contributed by atoms with van der Waals surface area (Å²) in [6.45, 7) is 6.74. The number of hydrogen-bond acceptors (Lipinski definition) is 3. The first kappa shape index (κ1) is 15.8. The predicted octanol–water partition coefficient (Wildman–Crippen LogP) is 4.01. The third-order valence-corrected chi connectivity index (χ3v) is 5.18. The highest BCUT2D eigenvalue weighted by Gasteiger charge is 2.28. The summed E-state index contributed by atoms with van der Waals surface area (Å²) < 4.78 is 0. The van der Waals surface area contributed by atoms with Crippen molar-refractivity contribution in [2.45, 2.75) is 33.2 Å². The number of fused-ring (bicyclic) bond motifs is 2. The van der Waals surface area contributed by atoms with Crippen LogP contribution in [0.25, 0.3) is 11.0 Å². The van der Waals surface area contributed by atoms with E-state index >= 15 is 0 Å². The molecular formula is C21H21N3O. The summed E-state index contributed by atoms with van der Waals surface area (Å²) in [5.41, 5.74) is 6.70. The number of aromatic nitrogens is 2. The Bertz CT molecular complexity index is 980. The fourth-order valence-electron chi connectivity index (χ4n) is 3.58. The highest BCUT2D eigenvalue weighted by Crippen LogP contribution is 2.30. The van der Waals surface area contributed by atoms with Crippen LogP contribution in [0.3, 0.4) is 0 Å². The van der Waals surface area contributed by atoms with Crippen LogP contribution in [0.5, 0.6) is 0 Å². The van der Waals surface area contributed by atoms with Crippen molar-refractivity contribution < 1.29 is 4.79 Å². The van der Waals surface area contributed by atoms with Crippen molar-refractivity contribution in [3.8, 4) is 0 Å². The topological polar surface area (TPSA) is 46.1 Å². The summed E-state index contributed by atoms with van der Waals surface area (Å²) in [6.07, 6.45) is 0.901. The molecule has 0 saturated heterocycles. The smallest absolute Gasteiger partial charge is 0.254 e. The van der Waals surface area contributed by atoms with Crippen molar-refractivity contribution in [1.29, 1.82) is 0 Å². The van der Waals surface area contributed by atoms with Crippen LogP contribution in [-0.2, 0) is 6.42 Å². The lowest BCUT2D eigenvalue weighted by molar-refractivity contribution is 0.0678. The maximum absolute atomic E-state index is 13.1. The number of carbonyl (C=O) groups is 1. The first-order valence-electron chi connectivity index (χ1n) is 8.68. The molecule has 4 heteroatoms. The molecular weight excluding hydrogens is 310 g/mol. The normalized spacial score (nSPS) is 16.8. The number of nitrogens with zero attached hydrogens (tertiary/aromatic N) is 3. The summed E-state index contributed by atoms with van der Waals surface area (Å²) in [4.78, 5) is 24.2. The van der Waals surface area contributed by atoms with Gasteiger partial charge in [-0.2, -0.15) is 0 Å². The lowest BCUT2D eigenvalue weighted by Crippen LogP contribution is -2.38. The van der Waals surface area contributed by atoms with Crippen LogP contribution in [0.1, 0.15) is 45.8 Å². The van der Waals surface area contributed by atoms with Gasteiger partial charge >= 0.3 is 0 Å². The number of hydrogen-bond donors (Lipinski definition) is 0. The fraction of sp³-hybridized carbons (Fsp3) is 0.286. The standard InChI is InChI=1S/C21H21N3O/c1-13-14(2)23-20-12-17(8-9-19(20)22-13)21(25)24-11-10-16-6-4-5-7-18(16)15(24)3/h4-9,12,15H,10-11H2,1-3H3. The van der Waals surface area contributed by atoms with E-state index in [4.69, 9.17) is 0 Å². The first-order valence-corrected chi connectivity index (χ1v) is 8.68. The Balaban J connectivity index is 1.69. The zero-order chi connectivity index (χ0) is 17.6. The summed E-state index contributed by atoms with van der Waals surface area (Å²) >= 11 is 0. The highest BCUT2D eigenvalue weighted by molar-refractivity contribution is 5.97. The Morgan fingerprint density at radius 2 is 1.76 bits per heavy atom. The molecule has 126 valence electrons. The average molecular weight is 331 g/mol. The minimum absolute atomic E-state index is 0.0592. The van der Waals surface area contributed by atoms with Gasteiger partial charge in [-0.25, -0.2) is 9.97 Å². The van der Waals surface area contributed by atoms with E-state index in [9.17, 15) is 4.79 Å². The van der Waals surface area contributed by atoms with E-state index in [-0.39, 0.29) is 11.9 Å². The molecule has 25 heavy (non-hydrogen) atoms. The van der Waals surface area contributed by atoms with Gasteiger partial charge in [-0.3, -0.25) is 4.79 Å². The fourth-order valence-corrected chi connectivity index (χ4v) is 3.58. The summed E-state index contributed by atoms with van der Waals surface area (Å²) in [5.74, 6) is 0.0592. The molecule has 1 aliphatic heterocycles. The summed E-state index contributed by atoms with van der Waals surface area (Å²) in [7, 11) is 0. The van der Waals surface area contributed by atoms with Gasteiger partial charge in [0.2, 0.25) is 0 Å². The van der Waals surface area contributed by atoms with Gasteiger partial charge in [-0.15, -0.1) is 0 Å². The van der Waals surface area contributed by atoms with Crippen LogP contribution in [0.2, 0.25) is 0 Å². The van der Waals surface area contributed by atoms with Crippen molar-refractivity contribution in [2.24, 2.45) is 0 Å². The van der Waals surface area contributed by atoms with Crippen LogP contribution in [0.4, 0.5) is 0 Å². The van der Waals surface area contributed by atoms with Gasteiger partial charge in [0.15, 0.2) is 0 Å². The van der Waals surface area contributed by atoms with E-state index in [1.54, 1.807) is 0 Å². The first-order chi connectivity index (χ1) is 12.0. The van der Waals surface area contributed by atoms with Crippen molar-refractivity contribution in [3.05, 3.63) is 70.5 Å². The molecule has 2 aromatic carbocycles. The Labute approximate surface area is 147 Å². The maximum atomic E-state index is 13.1. The Kier molecular flexibility index (Phi) is 3.75. The third kappa shape index (κ3) is 2.68. The van der Waals surface area contributed by atoms with Crippen LogP contribution < -0.4 is 0 Å². The second-order valence-electron chi connectivity index (χ2n) is 6.72. The maximum Gasteiger partial charge on any atom is 0.254 e. The molecule has 1 amide bonds. The van der Waals surface area contributed by atoms with Crippen LogP contribution >= 0.6 is 0 Å². The van der Waals surface area contributed by atoms with Crippen molar-refractivity contribution in [1.82, 2.24) is 14.9 Å². The molecule has 0 spiro atoms. The third-order valence-electron chi connectivity index (χ3n) is 5.18. The molecule has 0 bridgehead atoms. The molecule has 0 aliphatic carbocycles. The molecule has 3 aromatic rings. The predicted molar refractivity (Wildman–Crippen MR) is 98.6 cm³/mol. The molecule has 0 saturated carbocycles. The second kappa shape index (κ2) is 5.96. The van der Waals surface area contributed by atoms with E-state index in [0.29, 0.717) is 5.56 Å². The zero-order valence-corrected chi connectivity index (χ0v) is 14.8. The summed E-state index contributed by atoms with van der Waals surface area (Å²) in [6, 6.07) is 14.1. The molecule has 4 nitrogen and oxygen atoms in total. The van der Waals surface area contributed by atoms with E-state index in [2.05, 4.69) is 35.1 Å².